The van der Waals surface area contributed by atoms with Gasteiger partial charge in [-0.1, -0.05) is 0 Å². The maximum atomic E-state index is 12.3. The highest BCUT2D eigenvalue weighted by molar-refractivity contribution is 7.89. The summed E-state index contributed by atoms with van der Waals surface area (Å²) in [5.74, 6) is 5.16. The Bertz CT molecular complexity index is 735. The van der Waals surface area contributed by atoms with Gasteiger partial charge >= 0.3 is 0 Å². The fraction of sp³-hybridized carbons (Fsp3) is 0.400. The maximum absolute atomic E-state index is 12.3. The lowest BCUT2D eigenvalue weighted by Gasteiger charge is -2.07. The summed E-state index contributed by atoms with van der Waals surface area (Å²) in [4.78, 5) is 15.9. The van der Waals surface area contributed by atoms with Crippen LogP contribution in [0, 0.1) is 0 Å². The molecule has 11 heteroatoms. The van der Waals surface area contributed by atoms with E-state index < -0.39 is 10.0 Å². The minimum Gasteiger partial charge on any atom is -0.356 e. The lowest BCUT2D eigenvalue weighted by Crippen LogP contribution is -2.31. The molecule has 0 aliphatic heterocycles. The Kier molecular flexibility index (Phi) is 4.77. The van der Waals surface area contributed by atoms with Gasteiger partial charge in [-0.05, 0) is 6.92 Å². The molecule has 0 aromatic carbocycles. The number of nitrogens with two attached hydrogens (primary N) is 1. The number of anilines is 1. The number of thiazole rings is 1. The molecular weight excluding hydrogens is 316 g/mol. The third kappa shape index (κ3) is 3.32. The molecule has 116 valence electrons. The van der Waals surface area contributed by atoms with Crippen molar-refractivity contribution in [3.63, 3.8) is 0 Å². The quantitative estimate of drug-likeness (QED) is 0.399. The average molecular weight is 332 g/mol. The number of fused-ring (bicyclic) bond motifs is 1. The van der Waals surface area contributed by atoms with Crippen molar-refractivity contribution in [3.05, 3.63) is 11.6 Å². The molecule has 0 radical (unpaired) electrons. The van der Waals surface area contributed by atoms with Crippen LogP contribution in [0.15, 0.2) is 16.6 Å². The number of hydrazine groups is 1. The van der Waals surface area contributed by atoms with E-state index in [0.29, 0.717) is 11.5 Å². The van der Waals surface area contributed by atoms with E-state index in [1.807, 2.05) is 0 Å². The van der Waals surface area contributed by atoms with Gasteiger partial charge in [0.05, 0.1) is 0 Å². The molecule has 0 bridgehead atoms. The summed E-state index contributed by atoms with van der Waals surface area (Å²) in [5, 5.41) is 4.24. The van der Waals surface area contributed by atoms with E-state index in [0.717, 1.165) is 0 Å². The Morgan fingerprint density at radius 3 is 2.95 bits per heavy atom. The van der Waals surface area contributed by atoms with Crippen molar-refractivity contribution >= 4 is 38.0 Å². The average Bonchev–Trinajstić information content (AvgIpc) is 2.97. The zero-order chi connectivity index (χ0) is 15.5. The Labute approximate surface area is 125 Å². The van der Waals surface area contributed by atoms with Crippen LogP contribution < -0.4 is 21.3 Å². The molecule has 0 saturated heterocycles. The number of carbonyl (C=O) groups excluding carboxylic acids is 1. The molecule has 2 rings (SSSR count). The third-order valence-electron chi connectivity index (χ3n) is 2.63. The number of aromatic nitrogens is 2. The molecule has 0 aliphatic rings. The molecule has 21 heavy (non-hydrogen) atoms. The fourth-order valence-corrected chi connectivity index (χ4v) is 3.81. The van der Waals surface area contributed by atoms with Gasteiger partial charge in [0.2, 0.25) is 10.9 Å². The fourth-order valence-electron chi connectivity index (χ4n) is 1.77. The normalized spacial score (nSPS) is 11.7. The number of nitrogens with zero attached hydrogens (tertiary/aromatic N) is 2. The van der Waals surface area contributed by atoms with Crippen LogP contribution in [0.25, 0.3) is 4.96 Å². The number of amides is 1. The lowest BCUT2D eigenvalue weighted by molar-refractivity contribution is -0.120. The van der Waals surface area contributed by atoms with Crippen LogP contribution in [0.1, 0.15) is 13.3 Å². The Morgan fingerprint density at radius 1 is 1.52 bits per heavy atom. The molecule has 2 aromatic heterocycles. The second-order valence-electron chi connectivity index (χ2n) is 4.07. The predicted molar refractivity (Wildman–Crippen MR) is 79.4 cm³/mol. The van der Waals surface area contributed by atoms with Crippen LogP contribution in [0.3, 0.4) is 0 Å². The van der Waals surface area contributed by atoms with Gasteiger partial charge < -0.3 is 10.7 Å². The highest BCUT2D eigenvalue weighted by Gasteiger charge is 2.25. The van der Waals surface area contributed by atoms with E-state index in [-0.39, 0.29) is 29.7 Å². The van der Waals surface area contributed by atoms with Gasteiger partial charge in [-0.2, -0.15) is 4.98 Å². The van der Waals surface area contributed by atoms with Crippen molar-refractivity contribution in [2.45, 2.75) is 18.4 Å². The second-order valence-corrected chi connectivity index (χ2v) is 6.62. The molecular formula is C10H16N6O3S2. The molecule has 0 atom stereocenters. The summed E-state index contributed by atoms with van der Waals surface area (Å²) in [6.45, 7) is 2.29. The number of nitrogens with one attached hydrogen (secondary N) is 3. The molecule has 0 aliphatic carbocycles. The van der Waals surface area contributed by atoms with Crippen LogP contribution >= 0.6 is 11.3 Å². The first-order valence-corrected chi connectivity index (χ1v) is 8.54. The van der Waals surface area contributed by atoms with E-state index in [1.54, 1.807) is 18.5 Å². The van der Waals surface area contributed by atoms with Crippen molar-refractivity contribution in [2.24, 2.45) is 5.84 Å². The number of carbonyl (C=O) groups is 1. The molecule has 5 N–H and O–H groups in total. The van der Waals surface area contributed by atoms with E-state index >= 15 is 0 Å². The predicted octanol–water partition coefficient (Wildman–Crippen LogP) is -0.514. The Balaban J connectivity index is 2.17. The molecule has 2 heterocycles. The standard InChI is InChI=1S/C10H16N6O3S2/c1-2-12-7(17)3-4-13-21(18,19)9-8(15-11)14-10-16(9)5-6-20-10/h5-6,13,15H,2-4,11H2,1H3,(H,12,17). The van der Waals surface area contributed by atoms with Gasteiger partial charge in [-0.25, -0.2) is 19.0 Å². The van der Waals surface area contributed by atoms with Gasteiger partial charge in [0.1, 0.15) is 0 Å². The molecule has 1 amide bonds. The third-order valence-corrected chi connectivity index (χ3v) is 4.87. The van der Waals surface area contributed by atoms with Crippen LogP contribution in [-0.2, 0) is 14.8 Å². The first kappa shape index (κ1) is 15.7. The van der Waals surface area contributed by atoms with Crippen LogP contribution in [0.5, 0.6) is 0 Å². The first-order chi connectivity index (χ1) is 9.99. The van der Waals surface area contributed by atoms with Gasteiger partial charge in [-0.3, -0.25) is 9.20 Å². The topological polar surface area (TPSA) is 131 Å². The van der Waals surface area contributed by atoms with E-state index in [2.05, 4.69) is 20.4 Å². The SMILES string of the molecule is CCNC(=O)CCNS(=O)(=O)c1c(NN)nc2sccn12. The van der Waals surface area contributed by atoms with E-state index in [4.69, 9.17) is 5.84 Å². The molecule has 2 aromatic rings. The van der Waals surface area contributed by atoms with E-state index in [9.17, 15) is 13.2 Å². The monoisotopic (exact) mass is 332 g/mol. The van der Waals surface area contributed by atoms with Crippen LogP contribution in [0.4, 0.5) is 5.82 Å². The Hall–Kier alpha value is -1.69. The zero-order valence-corrected chi connectivity index (χ0v) is 12.9. The maximum Gasteiger partial charge on any atom is 0.260 e. The summed E-state index contributed by atoms with van der Waals surface area (Å²) in [6.07, 6.45) is 1.65. The summed E-state index contributed by atoms with van der Waals surface area (Å²) in [7, 11) is -3.83. The van der Waals surface area contributed by atoms with E-state index in [1.165, 1.54) is 15.7 Å². The number of hydrogen-bond acceptors (Lipinski definition) is 7. The molecule has 9 nitrogen and oxygen atoms in total. The first-order valence-electron chi connectivity index (χ1n) is 6.18. The minimum atomic E-state index is -3.83. The highest BCUT2D eigenvalue weighted by atomic mass is 32.2. The summed E-state index contributed by atoms with van der Waals surface area (Å²) < 4.78 is 28.5. The van der Waals surface area contributed by atoms with Crippen LogP contribution in [-0.4, -0.2) is 36.8 Å². The minimum absolute atomic E-state index is 0.00442. The summed E-state index contributed by atoms with van der Waals surface area (Å²) in [5.41, 5.74) is 2.27. The van der Waals surface area contributed by atoms with Gasteiger partial charge in [0, 0.05) is 31.1 Å². The summed E-state index contributed by atoms with van der Waals surface area (Å²) >= 11 is 1.29. The van der Waals surface area contributed by atoms with Crippen molar-refractivity contribution in [3.8, 4) is 0 Å². The molecule has 0 fully saturated rings. The van der Waals surface area contributed by atoms with Crippen molar-refractivity contribution in [1.82, 2.24) is 19.4 Å². The second kappa shape index (κ2) is 6.39. The van der Waals surface area contributed by atoms with Gasteiger partial charge in [0.25, 0.3) is 10.0 Å². The number of sulfonamides is 1. The molecule has 0 unspecified atom stereocenters. The van der Waals surface area contributed by atoms with Crippen molar-refractivity contribution < 1.29 is 13.2 Å². The zero-order valence-electron chi connectivity index (χ0n) is 11.3. The lowest BCUT2D eigenvalue weighted by atomic mass is 10.4. The summed E-state index contributed by atoms with van der Waals surface area (Å²) in [6, 6.07) is 0. The van der Waals surface area contributed by atoms with Crippen molar-refractivity contribution in [1.29, 1.82) is 0 Å². The van der Waals surface area contributed by atoms with Gasteiger partial charge in [0.15, 0.2) is 10.8 Å². The molecule has 0 spiro atoms. The highest BCUT2D eigenvalue weighted by Crippen LogP contribution is 2.24. The number of nitrogen functional groups attached to an aromatic ring is 1. The number of imidazole rings is 1. The molecule has 0 saturated carbocycles. The number of hydrogen-bond donors (Lipinski definition) is 4. The largest absolute Gasteiger partial charge is 0.356 e. The van der Waals surface area contributed by atoms with Crippen molar-refractivity contribution in [2.75, 3.05) is 18.5 Å². The van der Waals surface area contributed by atoms with Gasteiger partial charge in [-0.15, -0.1) is 11.3 Å². The number of rotatable bonds is 7. The Morgan fingerprint density at radius 2 is 2.29 bits per heavy atom. The smallest absolute Gasteiger partial charge is 0.260 e. The van der Waals surface area contributed by atoms with Crippen LogP contribution in [0.2, 0.25) is 0 Å².